The Labute approximate surface area is 114 Å². The van der Waals surface area contributed by atoms with E-state index >= 15 is 0 Å². The van der Waals surface area contributed by atoms with Crippen LogP contribution in [0.2, 0.25) is 0 Å². The first-order chi connectivity index (χ1) is 9.19. The smallest absolute Gasteiger partial charge is 0.227 e. The van der Waals surface area contributed by atoms with Crippen LogP contribution in [0.3, 0.4) is 0 Å². The number of rotatable bonds is 5. The van der Waals surface area contributed by atoms with Crippen LogP contribution in [0, 0.1) is 40.4 Å². The summed E-state index contributed by atoms with van der Waals surface area (Å²) in [7, 11) is 0. The number of nitrogens with two attached hydrogens (primary N) is 1. The Balaban J connectivity index is 2.02. The molecule has 0 aromatic heterocycles. The van der Waals surface area contributed by atoms with E-state index in [2.05, 4.69) is 12.1 Å². The summed E-state index contributed by atoms with van der Waals surface area (Å²) in [4.78, 5) is 14.2. The van der Waals surface area contributed by atoms with Gasteiger partial charge in [-0.3, -0.25) is 4.79 Å². The van der Waals surface area contributed by atoms with Crippen LogP contribution in [0.1, 0.15) is 32.1 Å². The summed E-state index contributed by atoms with van der Waals surface area (Å²) in [6, 6.07) is 4.08. The number of nitriles is 2. The van der Waals surface area contributed by atoms with Crippen LogP contribution in [-0.2, 0) is 4.79 Å². The van der Waals surface area contributed by atoms with Crippen LogP contribution < -0.4 is 5.73 Å². The summed E-state index contributed by atoms with van der Waals surface area (Å²) in [6.45, 7) is 0.829. The summed E-state index contributed by atoms with van der Waals surface area (Å²) in [6.07, 6.45) is 3.94. The molecule has 4 unspecified atom stereocenters. The van der Waals surface area contributed by atoms with E-state index in [-0.39, 0.29) is 17.9 Å². The Morgan fingerprint density at radius 1 is 1.16 bits per heavy atom. The van der Waals surface area contributed by atoms with Crippen LogP contribution in [0.4, 0.5) is 0 Å². The Morgan fingerprint density at radius 3 is 2.21 bits per heavy atom. The Bertz CT molecular complexity index is 402. The molecule has 0 aromatic rings. The zero-order valence-electron chi connectivity index (χ0n) is 11.1. The lowest BCUT2D eigenvalue weighted by atomic mass is 9.84. The number of amides is 1. The highest BCUT2D eigenvalue weighted by molar-refractivity contribution is 5.80. The van der Waals surface area contributed by atoms with Gasteiger partial charge in [0.15, 0.2) is 0 Å². The third kappa shape index (κ3) is 2.72. The van der Waals surface area contributed by atoms with Crippen molar-refractivity contribution < 1.29 is 4.79 Å². The standard InChI is InChI=1S/C14H20N4O/c15-5-1-7-18(8-2-6-16)14(19)12-10-3-4-11(9-10)13(12)17/h10-13H,1-4,7-9,17H2. The second kappa shape index (κ2) is 6.04. The molecule has 0 aromatic carbocycles. The molecular formula is C14H20N4O. The third-order valence-electron chi connectivity index (χ3n) is 4.56. The highest BCUT2D eigenvalue weighted by Gasteiger charge is 2.49. The second-order valence-electron chi connectivity index (χ2n) is 5.58. The van der Waals surface area contributed by atoms with Gasteiger partial charge < -0.3 is 10.6 Å². The van der Waals surface area contributed by atoms with Gasteiger partial charge in [0.05, 0.1) is 30.9 Å². The molecule has 0 heterocycles. The highest BCUT2D eigenvalue weighted by Crippen LogP contribution is 2.48. The van der Waals surface area contributed by atoms with Crippen LogP contribution in [0.25, 0.3) is 0 Å². The largest absolute Gasteiger partial charge is 0.340 e. The quantitative estimate of drug-likeness (QED) is 0.798. The van der Waals surface area contributed by atoms with Crippen LogP contribution in [-0.4, -0.2) is 29.9 Å². The van der Waals surface area contributed by atoms with Crippen molar-refractivity contribution in [2.75, 3.05) is 13.1 Å². The second-order valence-corrected chi connectivity index (χ2v) is 5.58. The SMILES string of the molecule is N#CCCN(CCC#N)C(=O)C1C2CCC(C2)C1N. The topological polar surface area (TPSA) is 93.9 Å². The fourth-order valence-electron chi connectivity index (χ4n) is 3.62. The highest BCUT2D eigenvalue weighted by atomic mass is 16.2. The fraction of sp³-hybridized carbons (Fsp3) is 0.786. The van der Waals surface area contributed by atoms with Crippen LogP contribution in [0.5, 0.6) is 0 Å². The van der Waals surface area contributed by atoms with E-state index in [1.807, 2.05) is 0 Å². The average Bonchev–Trinajstić information content (AvgIpc) is 2.99. The van der Waals surface area contributed by atoms with Gasteiger partial charge in [-0.25, -0.2) is 0 Å². The van der Waals surface area contributed by atoms with E-state index in [1.54, 1.807) is 4.90 Å². The summed E-state index contributed by atoms with van der Waals surface area (Å²) in [5.41, 5.74) is 6.18. The predicted octanol–water partition coefficient (Wildman–Crippen LogP) is 1.02. The lowest BCUT2D eigenvalue weighted by molar-refractivity contribution is -0.137. The van der Waals surface area contributed by atoms with Gasteiger partial charge in [0.25, 0.3) is 0 Å². The molecule has 102 valence electrons. The molecule has 0 saturated heterocycles. The Kier molecular flexibility index (Phi) is 4.39. The average molecular weight is 260 g/mol. The number of carbonyl (C=O) groups is 1. The molecule has 2 rings (SSSR count). The Morgan fingerprint density at radius 2 is 1.74 bits per heavy atom. The molecule has 0 aliphatic heterocycles. The minimum atomic E-state index is -0.0869. The molecule has 2 fully saturated rings. The summed E-state index contributed by atoms with van der Waals surface area (Å²) < 4.78 is 0. The van der Waals surface area contributed by atoms with E-state index in [1.165, 1.54) is 0 Å². The van der Waals surface area contributed by atoms with Gasteiger partial charge in [-0.15, -0.1) is 0 Å². The normalized spacial score (nSPS) is 31.7. The molecule has 2 N–H and O–H groups in total. The summed E-state index contributed by atoms with van der Waals surface area (Å²) >= 11 is 0. The molecule has 5 heteroatoms. The maximum absolute atomic E-state index is 12.6. The number of hydrogen-bond acceptors (Lipinski definition) is 4. The molecule has 2 saturated carbocycles. The van der Waals surface area contributed by atoms with Gasteiger partial charge in [-0.1, -0.05) is 0 Å². The summed E-state index contributed by atoms with van der Waals surface area (Å²) in [5.74, 6) is 0.883. The third-order valence-corrected chi connectivity index (χ3v) is 4.56. The predicted molar refractivity (Wildman–Crippen MR) is 69.3 cm³/mol. The molecule has 5 nitrogen and oxygen atoms in total. The zero-order chi connectivity index (χ0) is 13.8. The molecule has 19 heavy (non-hydrogen) atoms. The van der Waals surface area contributed by atoms with Gasteiger partial charge in [-0.2, -0.15) is 10.5 Å². The number of fused-ring (bicyclic) bond motifs is 2. The minimum absolute atomic E-state index is 0.0297. The van der Waals surface area contributed by atoms with Crippen molar-refractivity contribution in [3.05, 3.63) is 0 Å². The first-order valence-electron chi connectivity index (χ1n) is 6.97. The molecule has 1 amide bonds. The lowest BCUT2D eigenvalue weighted by Crippen LogP contribution is -2.47. The van der Waals surface area contributed by atoms with Crippen molar-refractivity contribution in [2.24, 2.45) is 23.5 Å². The van der Waals surface area contributed by atoms with Crippen molar-refractivity contribution in [1.82, 2.24) is 4.90 Å². The first kappa shape index (κ1) is 13.8. The number of hydrogen-bond donors (Lipinski definition) is 1. The van der Waals surface area contributed by atoms with Gasteiger partial charge in [0.1, 0.15) is 0 Å². The number of nitrogens with zero attached hydrogens (tertiary/aromatic N) is 3. The van der Waals surface area contributed by atoms with E-state index in [9.17, 15) is 4.79 Å². The minimum Gasteiger partial charge on any atom is -0.340 e. The van der Waals surface area contributed by atoms with E-state index in [4.69, 9.17) is 16.3 Å². The van der Waals surface area contributed by atoms with Crippen molar-refractivity contribution in [3.8, 4) is 12.1 Å². The lowest BCUT2D eigenvalue weighted by Gasteiger charge is -2.32. The molecule has 2 bridgehead atoms. The molecule has 2 aliphatic carbocycles. The zero-order valence-corrected chi connectivity index (χ0v) is 11.1. The molecule has 4 atom stereocenters. The molecule has 0 radical (unpaired) electrons. The maximum Gasteiger partial charge on any atom is 0.227 e. The molecular weight excluding hydrogens is 240 g/mol. The van der Waals surface area contributed by atoms with Gasteiger partial charge >= 0.3 is 0 Å². The van der Waals surface area contributed by atoms with Crippen LogP contribution in [0.15, 0.2) is 0 Å². The Hall–Kier alpha value is -1.59. The van der Waals surface area contributed by atoms with Crippen molar-refractivity contribution in [3.63, 3.8) is 0 Å². The first-order valence-corrected chi connectivity index (χ1v) is 6.97. The van der Waals surface area contributed by atoms with Gasteiger partial charge in [0, 0.05) is 19.1 Å². The van der Waals surface area contributed by atoms with E-state index in [0.717, 1.165) is 19.3 Å². The van der Waals surface area contributed by atoms with Crippen LogP contribution >= 0.6 is 0 Å². The molecule has 2 aliphatic rings. The summed E-state index contributed by atoms with van der Waals surface area (Å²) in [5, 5.41) is 17.3. The molecule has 0 spiro atoms. The number of carbonyl (C=O) groups excluding carboxylic acids is 1. The van der Waals surface area contributed by atoms with Crippen molar-refractivity contribution in [2.45, 2.75) is 38.1 Å². The van der Waals surface area contributed by atoms with Gasteiger partial charge in [0.2, 0.25) is 5.91 Å². The van der Waals surface area contributed by atoms with Gasteiger partial charge in [-0.05, 0) is 31.1 Å². The maximum atomic E-state index is 12.6. The fourth-order valence-corrected chi connectivity index (χ4v) is 3.62. The van der Waals surface area contributed by atoms with E-state index in [0.29, 0.717) is 37.8 Å². The monoisotopic (exact) mass is 260 g/mol. The van der Waals surface area contributed by atoms with Crippen molar-refractivity contribution >= 4 is 5.91 Å². The van der Waals surface area contributed by atoms with Crippen molar-refractivity contribution in [1.29, 1.82) is 10.5 Å². The van der Waals surface area contributed by atoms with E-state index < -0.39 is 0 Å².